The number of nitrogens with zero attached hydrogens (tertiary/aromatic N) is 2. The SMILES string of the molecule is Cc1cn([C@H]2CC(O[Si](c3ccccc3)(c3ccccc3)C(C)(C)C)[C@@H](C=O)O2)c(=O)[nH]c1=O.Cc1cn([C@H]2CC(O[Si](c3ccccc3)(c3ccccc3)C(C)(C)C)[C@@H](CO)O2)c(=O)[nH]c1=O. The van der Waals surface area contributed by atoms with E-state index in [-0.39, 0.29) is 16.7 Å². The van der Waals surface area contributed by atoms with E-state index < -0.39 is 76.0 Å². The van der Waals surface area contributed by atoms with E-state index >= 15 is 0 Å². The monoisotopic (exact) mass is 958 g/mol. The van der Waals surface area contributed by atoms with Crippen molar-refractivity contribution in [3.8, 4) is 0 Å². The topological polar surface area (TPSA) is 184 Å². The predicted molar refractivity (Wildman–Crippen MR) is 267 cm³/mol. The molecule has 2 aromatic heterocycles. The van der Waals surface area contributed by atoms with Crippen LogP contribution in [0.25, 0.3) is 0 Å². The Morgan fingerprint density at radius 1 is 0.588 bits per heavy atom. The summed E-state index contributed by atoms with van der Waals surface area (Å²) in [4.78, 5) is 65.3. The van der Waals surface area contributed by atoms with E-state index in [0.29, 0.717) is 24.0 Å². The largest absolute Gasteiger partial charge is 0.402 e. The van der Waals surface area contributed by atoms with Gasteiger partial charge in [-0.15, -0.1) is 0 Å². The molecule has 8 rings (SSSR count). The van der Waals surface area contributed by atoms with Crippen LogP contribution in [0.1, 0.15) is 78.0 Å². The van der Waals surface area contributed by atoms with Crippen molar-refractivity contribution in [2.45, 2.75) is 115 Å². The molecule has 2 unspecified atom stereocenters. The molecule has 68 heavy (non-hydrogen) atoms. The van der Waals surface area contributed by atoms with Crippen LogP contribution in [0.2, 0.25) is 10.1 Å². The fraction of sp³-hybridized carbons (Fsp3) is 0.365. The van der Waals surface area contributed by atoms with Gasteiger partial charge in [0.2, 0.25) is 0 Å². The number of H-pyrrole nitrogens is 2. The average molecular weight is 959 g/mol. The summed E-state index contributed by atoms with van der Waals surface area (Å²) < 4.78 is 29.0. The zero-order chi connectivity index (χ0) is 49.0. The summed E-state index contributed by atoms with van der Waals surface area (Å²) in [6, 6.07) is 40.8. The molecule has 0 saturated carbocycles. The zero-order valence-electron chi connectivity index (χ0n) is 39.9. The van der Waals surface area contributed by atoms with Gasteiger partial charge in [0.1, 0.15) is 24.7 Å². The van der Waals surface area contributed by atoms with Crippen molar-refractivity contribution < 1.29 is 28.2 Å². The second-order valence-electron chi connectivity index (χ2n) is 19.6. The van der Waals surface area contributed by atoms with Gasteiger partial charge in [0.25, 0.3) is 27.8 Å². The minimum absolute atomic E-state index is 0.237. The summed E-state index contributed by atoms with van der Waals surface area (Å²) in [5.74, 6) is 0. The molecule has 6 atom stereocenters. The third-order valence-electron chi connectivity index (χ3n) is 13.0. The highest BCUT2D eigenvalue weighted by atomic mass is 28.4. The minimum atomic E-state index is -2.92. The molecule has 0 bridgehead atoms. The summed E-state index contributed by atoms with van der Waals surface area (Å²) in [7, 11) is -5.79. The van der Waals surface area contributed by atoms with Crippen LogP contribution >= 0.6 is 0 Å². The smallest absolute Gasteiger partial charge is 0.330 e. The van der Waals surface area contributed by atoms with Crippen LogP contribution in [-0.2, 0) is 23.1 Å². The van der Waals surface area contributed by atoms with E-state index in [2.05, 4.69) is 100 Å². The second-order valence-corrected chi connectivity index (χ2v) is 28.1. The van der Waals surface area contributed by atoms with E-state index in [1.165, 1.54) is 21.5 Å². The highest BCUT2D eigenvalue weighted by Crippen LogP contribution is 2.42. The van der Waals surface area contributed by atoms with Crippen LogP contribution < -0.4 is 43.2 Å². The first kappa shape index (κ1) is 50.0. The summed E-state index contributed by atoms with van der Waals surface area (Å²) in [6.07, 6.45) is 0.575. The number of aromatic amines is 2. The molecule has 358 valence electrons. The first-order valence-corrected chi connectivity index (χ1v) is 26.7. The van der Waals surface area contributed by atoms with Gasteiger partial charge in [-0.2, -0.15) is 0 Å². The number of aliphatic hydroxyl groups is 1. The Morgan fingerprint density at radius 2 is 0.926 bits per heavy atom. The number of benzene rings is 4. The van der Waals surface area contributed by atoms with Gasteiger partial charge in [0, 0.05) is 36.4 Å². The number of carbonyl (C=O) groups is 1. The molecule has 2 fully saturated rings. The minimum Gasteiger partial charge on any atom is -0.402 e. The van der Waals surface area contributed by atoms with Crippen molar-refractivity contribution in [1.29, 1.82) is 0 Å². The third kappa shape index (κ3) is 9.85. The van der Waals surface area contributed by atoms with Gasteiger partial charge in [-0.25, -0.2) is 9.59 Å². The summed E-state index contributed by atoms with van der Waals surface area (Å²) in [6.45, 7) is 16.1. The number of aliphatic hydroxyl groups excluding tert-OH is 1. The fourth-order valence-corrected chi connectivity index (χ4v) is 19.1. The number of aldehydes is 1. The molecule has 14 nitrogen and oxygen atoms in total. The van der Waals surface area contributed by atoms with Gasteiger partial charge in [-0.3, -0.25) is 28.7 Å². The number of hydrogen-bond acceptors (Lipinski definition) is 10. The van der Waals surface area contributed by atoms with Gasteiger partial charge in [0.05, 0.1) is 18.8 Å². The lowest BCUT2D eigenvalue weighted by molar-refractivity contribution is -0.122. The van der Waals surface area contributed by atoms with Crippen LogP contribution in [0.15, 0.2) is 153 Å². The lowest BCUT2D eigenvalue weighted by atomic mass is 10.2. The van der Waals surface area contributed by atoms with Crippen molar-refractivity contribution in [3.05, 3.63) is 187 Å². The van der Waals surface area contributed by atoms with Crippen molar-refractivity contribution >= 4 is 43.7 Å². The fourth-order valence-electron chi connectivity index (χ4n) is 9.67. The van der Waals surface area contributed by atoms with Gasteiger partial charge in [-0.1, -0.05) is 163 Å². The molecule has 3 N–H and O–H groups in total. The molecule has 0 radical (unpaired) electrons. The molecule has 2 saturated heterocycles. The van der Waals surface area contributed by atoms with Crippen LogP contribution in [0.4, 0.5) is 0 Å². The molecule has 2 aliphatic heterocycles. The van der Waals surface area contributed by atoms with Crippen molar-refractivity contribution in [1.82, 2.24) is 19.1 Å². The number of rotatable bonds is 12. The van der Waals surface area contributed by atoms with Crippen molar-refractivity contribution in [2.24, 2.45) is 0 Å². The van der Waals surface area contributed by atoms with E-state index in [1.807, 2.05) is 72.8 Å². The van der Waals surface area contributed by atoms with Crippen molar-refractivity contribution in [2.75, 3.05) is 6.61 Å². The number of carbonyl (C=O) groups excluding carboxylic acids is 1. The Balaban J connectivity index is 0.000000201. The lowest BCUT2D eigenvalue weighted by Gasteiger charge is -2.45. The highest BCUT2D eigenvalue weighted by Gasteiger charge is 2.55. The maximum absolute atomic E-state index is 12.5. The number of nitrogens with one attached hydrogen (secondary N) is 2. The molecule has 6 aromatic rings. The quantitative estimate of drug-likeness (QED) is 0.118. The standard InChI is InChI=1S/C26H32N2O5Si.C26H30N2O5Si/c2*1-18-16-28(25(31)27-24(18)30)23-15-21(22(17-29)32-23)33-34(26(2,3)4,19-11-7-5-8-12-19)20-13-9-6-10-14-20/h5-14,16,21-23,29H,15,17H2,1-4H3,(H,27,30,31);5-14,16-17,21-23H,15H2,1-4H3,(H,27,30,31)/t2*21?,22-,23-/m11/s1. The molecule has 16 heteroatoms. The van der Waals surface area contributed by atoms with E-state index in [9.17, 15) is 29.1 Å². The Bertz CT molecular complexity index is 2820. The van der Waals surface area contributed by atoms with Crippen LogP contribution in [-0.4, -0.2) is 78.2 Å². The Labute approximate surface area is 397 Å². The van der Waals surface area contributed by atoms with Crippen LogP contribution in [0.5, 0.6) is 0 Å². The van der Waals surface area contributed by atoms with Crippen LogP contribution in [0.3, 0.4) is 0 Å². The molecule has 4 heterocycles. The first-order valence-electron chi connectivity index (χ1n) is 22.9. The highest BCUT2D eigenvalue weighted by molar-refractivity contribution is 7.00. The predicted octanol–water partition coefficient (Wildman–Crippen LogP) is 4.35. The van der Waals surface area contributed by atoms with Crippen LogP contribution in [0, 0.1) is 13.8 Å². The van der Waals surface area contributed by atoms with E-state index in [4.69, 9.17) is 18.3 Å². The lowest BCUT2D eigenvalue weighted by Crippen LogP contribution is -2.68. The van der Waals surface area contributed by atoms with E-state index in [1.54, 1.807) is 13.8 Å². The molecular formula is C52H62N4O10Si2. The molecular weight excluding hydrogens is 897 g/mol. The summed E-state index contributed by atoms with van der Waals surface area (Å²) >= 11 is 0. The molecule has 0 amide bonds. The van der Waals surface area contributed by atoms with Gasteiger partial charge < -0.3 is 28.2 Å². The number of hydrogen-bond donors (Lipinski definition) is 3. The normalized spacial score (nSPS) is 21.0. The Kier molecular flexibility index (Phi) is 15.0. The number of ether oxygens (including phenoxy) is 2. The first-order chi connectivity index (χ1) is 32.3. The van der Waals surface area contributed by atoms with Gasteiger partial charge >= 0.3 is 11.4 Å². The number of aryl methyl sites for hydroxylation is 2. The van der Waals surface area contributed by atoms with Gasteiger partial charge in [-0.05, 0) is 44.7 Å². The maximum Gasteiger partial charge on any atom is 0.330 e. The maximum atomic E-state index is 12.5. The van der Waals surface area contributed by atoms with Crippen molar-refractivity contribution in [3.63, 3.8) is 0 Å². The Morgan fingerprint density at radius 3 is 1.26 bits per heavy atom. The number of aromatic nitrogens is 4. The molecule has 4 aromatic carbocycles. The molecule has 2 aliphatic rings. The third-order valence-corrected chi connectivity index (χ3v) is 23.1. The Hall–Kier alpha value is -5.86. The molecule has 0 aliphatic carbocycles. The molecule has 0 spiro atoms. The summed E-state index contributed by atoms with van der Waals surface area (Å²) in [5, 5.41) is 14.1. The van der Waals surface area contributed by atoms with Gasteiger partial charge in [0.15, 0.2) is 6.29 Å². The average Bonchev–Trinajstić information content (AvgIpc) is 3.93. The zero-order valence-corrected chi connectivity index (χ0v) is 41.9. The second kappa shape index (κ2) is 20.4. The summed E-state index contributed by atoms with van der Waals surface area (Å²) in [5.41, 5.74) is -1.16. The van der Waals surface area contributed by atoms with E-state index in [0.717, 1.165) is 27.0 Å².